The number of fused-ring (bicyclic) bond motifs is 1. The Labute approximate surface area is 186 Å². The minimum Gasteiger partial charge on any atom is -0.477 e. The van der Waals surface area contributed by atoms with Gasteiger partial charge in [0.25, 0.3) is 11.8 Å². The van der Waals surface area contributed by atoms with E-state index < -0.39 is 47.5 Å². The van der Waals surface area contributed by atoms with Crippen molar-refractivity contribution in [1.29, 1.82) is 0 Å². The molecule has 12 nitrogen and oxygen atoms in total. The SMILES string of the molecule is CC(=O)OCC1=C(C(=O)O)N2C(=O)C(NC(=O)C(=NOC(F)F)c3csc(N)n3)[C@H]2SC1. The number of carboxylic acid groups (broad SMARTS) is 1. The maximum Gasteiger partial charge on any atom is 0.407 e. The highest BCUT2D eigenvalue weighted by Crippen LogP contribution is 2.40. The van der Waals surface area contributed by atoms with E-state index in [9.17, 15) is 33.1 Å². The standard InChI is InChI=1S/C16H15F2N5O7S2/c1-5(24)29-2-6-3-31-13-9(12(26)23(13)10(6)14(27)28)21-11(25)8(22-30-15(17)18)7-4-32-16(19)20-7/h4,9,13,15H,2-3H2,1H3,(H2,19,20)(H,21,25)(H,27,28)/t9?,13-/m1/s1. The van der Waals surface area contributed by atoms with E-state index in [1.54, 1.807) is 0 Å². The molecule has 1 unspecified atom stereocenters. The number of hydrogen-bond donors (Lipinski definition) is 3. The van der Waals surface area contributed by atoms with Gasteiger partial charge in [0.15, 0.2) is 10.8 Å². The molecule has 0 radical (unpaired) electrons. The fraction of sp³-hybridized carbons (Fsp3) is 0.375. The van der Waals surface area contributed by atoms with Crippen LogP contribution in [0.1, 0.15) is 12.6 Å². The van der Waals surface area contributed by atoms with Crippen molar-refractivity contribution in [2.75, 3.05) is 18.1 Å². The Morgan fingerprint density at radius 1 is 1.47 bits per heavy atom. The Hall–Kier alpha value is -3.27. The number of halogens is 2. The van der Waals surface area contributed by atoms with Crippen LogP contribution in [-0.2, 0) is 28.8 Å². The average molecular weight is 491 g/mol. The summed E-state index contributed by atoms with van der Waals surface area (Å²) in [7, 11) is 0. The number of nitrogen functional groups attached to an aromatic ring is 1. The second kappa shape index (κ2) is 9.47. The first-order valence-corrected chi connectivity index (χ1v) is 10.6. The van der Waals surface area contributed by atoms with Gasteiger partial charge < -0.3 is 25.7 Å². The number of thiazole rings is 1. The maximum atomic E-state index is 12.6. The third-order valence-electron chi connectivity index (χ3n) is 4.19. The van der Waals surface area contributed by atoms with Crippen molar-refractivity contribution in [2.24, 2.45) is 5.16 Å². The Morgan fingerprint density at radius 3 is 2.75 bits per heavy atom. The first kappa shape index (κ1) is 23.4. The molecule has 2 aliphatic rings. The number of nitrogens with zero attached hydrogens (tertiary/aromatic N) is 3. The van der Waals surface area contributed by atoms with Crippen molar-refractivity contribution in [3.05, 3.63) is 22.3 Å². The minimum atomic E-state index is -3.30. The van der Waals surface area contributed by atoms with E-state index in [1.165, 1.54) is 5.38 Å². The van der Waals surface area contributed by atoms with Crippen LogP contribution in [0.2, 0.25) is 0 Å². The topological polar surface area (TPSA) is 174 Å². The van der Waals surface area contributed by atoms with E-state index in [4.69, 9.17) is 10.5 Å². The van der Waals surface area contributed by atoms with Gasteiger partial charge in [0.2, 0.25) is 0 Å². The molecule has 16 heteroatoms. The number of esters is 1. The molecule has 32 heavy (non-hydrogen) atoms. The molecule has 0 spiro atoms. The lowest BCUT2D eigenvalue weighted by Crippen LogP contribution is -2.71. The Kier molecular flexibility index (Phi) is 6.93. The van der Waals surface area contributed by atoms with Crippen molar-refractivity contribution >= 4 is 57.7 Å². The lowest BCUT2D eigenvalue weighted by Gasteiger charge is -2.49. The highest BCUT2D eigenvalue weighted by atomic mass is 32.2. The molecule has 3 rings (SSSR count). The van der Waals surface area contributed by atoms with E-state index in [2.05, 4.69) is 20.3 Å². The molecule has 1 aromatic heterocycles. The summed E-state index contributed by atoms with van der Waals surface area (Å²) < 4.78 is 29.7. The van der Waals surface area contributed by atoms with Gasteiger partial charge in [-0.05, 0) is 0 Å². The molecule has 0 aromatic carbocycles. The maximum absolute atomic E-state index is 12.6. The van der Waals surface area contributed by atoms with Crippen LogP contribution in [0.4, 0.5) is 13.9 Å². The molecule has 1 aromatic rings. The molecule has 1 fully saturated rings. The van der Waals surface area contributed by atoms with Crippen LogP contribution >= 0.6 is 23.1 Å². The first-order valence-electron chi connectivity index (χ1n) is 8.67. The van der Waals surface area contributed by atoms with Gasteiger partial charge in [0.05, 0.1) is 0 Å². The number of aromatic nitrogens is 1. The van der Waals surface area contributed by atoms with Gasteiger partial charge in [-0.3, -0.25) is 19.3 Å². The lowest BCUT2D eigenvalue weighted by molar-refractivity contribution is -0.150. The molecular weight excluding hydrogens is 476 g/mol. The number of anilines is 1. The summed E-state index contributed by atoms with van der Waals surface area (Å²) in [6.07, 6.45) is 0. The Morgan fingerprint density at radius 2 is 2.19 bits per heavy atom. The number of carbonyl (C=O) groups excluding carboxylic acids is 3. The Bertz CT molecular complexity index is 1030. The molecular formula is C16H15F2N5O7S2. The van der Waals surface area contributed by atoms with Gasteiger partial charge in [0.1, 0.15) is 29.4 Å². The van der Waals surface area contributed by atoms with Crippen LogP contribution in [0.5, 0.6) is 0 Å². The number of nitrogens with one attached hydrogen (secondary N) is 1. The van der Waals surface area contributed by atoms with Gasteiger partial charge >= 0.3 is 18.6 Å². The summed E-state index contributed by atoms with van der Waals surface area (Å²) >= 11 is 2.06. The molecule has 2 atom stereocenters. The number of nitrogens with two attached hydrogens (primary N) is 1. The van der Waals surface area contributed by atoms with Crippen molar-refractivity contribution < 1.29 is 42.6 Å². The van der Waals surface area contributed by atoms with E-state index >= 15 is 0 Å². The van der Waals surface area contributed by atoms with Crippen LogP contribution in [0.15, 0.2) is 21.8 Å². The highest BCUT2D eigenvalue weighted by molar-refractivity contribution is 8.00. The fourth-order valence-electron chi connectivity index (χ4n) is 2.89. The number of carbonyl (C=O) groups is 4. The van der Waals surface area contributed by atoms with Crippen LogP contribution in [0.25, 0.3) is 0 Å². The number of alkyl halides is 2. The number of rotatable bonds is 8. The molecule has 172 valence electrons. The number of hydrogen-bond acceptors (Lipinski definition) is 11. The number of carboxylic acids is 1. The molecule has 0 saturated carbocycles. The van der Waals surface area contributed by atoms with Gasteiger partial charge in [-0.2, -0.15) is 8.78 Å². The summed E-state index contributed by atoms with van der Waals surface area (Å²) in [5, 5.41) is 15.5. The van der Waals surface area contributed by atoms with Gasteiger partial charge in [-0.25, -0.2) is 9.78 Å². The highest BCUT2D eigenvalue weighted by Gasteiger charge is 2.54. The van der Waals surface area contributed by atoms with Gasteiger partial charge in [-0.1, -0.05) is 5.16 Å². The summed E-state index contributed by atoms with van der Waals surface area (Å²) in [6.45, 7) is -2.44. The molecule has 0 aliphatic carbocycles. The number of amides is 2. The Balaban J connectivity index is 1.78. The molecule has 1 saturated heterocycles. The van der Waals surface area contributed by atoms with Crippen LogP contribution < -0.4 is 11.1 Å². The zero-order valence-electron chi connectivity index (χ0n) is 16.1. The summed E-state index contributed by atoms with van der Waals surface area (Å²) in [4.78, 5) is 56.6. The van der Waals surface area contributed by atoms with Crippen LogP contribution in [0.3, 0.4) is 0 Å². The van der Waals surface area contributed by atoms with Gasteiger partial charge in [-0.15, -0.1) is 23.1 Å². The molecule has 0 bridgehead atoms. The van der Waals surface area contributed by atoms with Crippen molar-refractivity contribution in [1.82, 2.24) is 15.2 Å². The third kappa shape index (κ3) is 4.80. The second-order valence-electron chi connectivity index (χ2n) is 6.28. The zero-order chi connectivity index (χ0) is 23.6. The summed E-state index contributed by atoms with van der Waals surface area (Å²) in [6, 6.07) is -1.16. The normalized spacial score (nSPS) is 20.6. The molecule has 3 heterocycles. The van der Waals surface area contributed by atoms with Crippen LogP contribution in [-0.4, -0.2) is 74.8 Å². The number of β-lactam (4-membered cyclic amide) rings is 1. The van der Waals surface area contributed by atoms with Gasteiger partial charge in [0, 0.05) is 23.6 Å². The largest absolute Gasteiger partial charge is 0.477 e. The zero-order valence-corrected chi connectivity index (χ0v) is 17.7. The number of aliphatic carboxylic acids is 1. The number of oxime groups is 1. The van der Waals surface area contributed by atoms with Crippen molar-refractivity contribution in [2.45, 2.75) is 25.0 Å². The quantitative estimate of drug-likeness (QED) is 0.194. The summed E-state index contributed by atoms with van der Waals surface area (Å²) in [5.41, 5.74) is 4.61. The third-order valence-corrected chi connectivity index (χ3v) is 6.20. The minimum absolute atomic E-state index is 0.0443. The number of ether oxygens (including phenoxy) is 1. The smallest absolute Gasteiger partial charge is 0.407 e. The average Bonchev–Trinajstić information content (AvgIpc) is 3.15. The van der Waals surface area contributed by atoms with E-state index in [1.807, 2.05) is 0 Å². The van der Waals surface area contributed by atoms with E-state index in [0.29, 0.717) is 0 Å². The van der Waals surface area contributed by atoms with Crippen molar-refractivity contribution in [3.63, 3.8) is 0 Å². The lowest BCUT2D eigenvalue weighted by atomic mass is 10.0. The van der Waals surface area contributed by atoms with Crippen molar-refractivity contribution in [3.8, 4) is 0 Å². The molecule has 4 N–H and O–H groups in total. The molecule has 2 amide bonds. The predicted molar refractivity (Wildman–Crippen MR) is 106 cm³/mol. The first-order chi connectivity index (χ1) is 15.1. The van der Waals surface area contributed by atoms with Crippen LogP contribution in [0, 0.1) is 0 Å². The number of thioether (sulfide) groups is 1. The monoisotopic (exact) mass is 491 g/mol. The predicted octanol–water partition coefficient (Wildman–Crippen LogP) is -0.0297. The van der Waals surface area contributed by atoms with E-state index in [-0.39, 0.29) is 34.5 Å². The second-order valence-corrected chi connectivity index (χ2v) is 8.27. The summed E-state index contributed by atoms with van der Waals surface area (Å²) in [5.74, 6) is -3.69. The fourth-order valence-corrected chi connectivity index (χ4v) is 4.76. The molecule has 2 aliphatic heterocycles. The van der Waals surface area contributed by atoms with E-state index in [0.717, 1.165) is 34.9 Å².